The topological polar surface area (TPSA) is 38.7 Å². The van der Waals surface area contributed by atoms with Crippen LogP contribution in [0.4, 0.5) is 0 Å². The van der Waals surface area contributed by atoms with Crippen LogP contribution in [0.5, 0.6) is 0 Å². The number of ether oxygens (including phenoxy) is 1. The Hall–Kier alpha value is -3.46. The van der Waals surface area contributed by atoms with Gasteiger partial charge in [-0.15, -0.1) is 6.58 Å². The lowest BCUT2D eigenvalue weighted by Crippen LogP contribution is -2.45. The van der Waals surface area contributed by atoms with Crippen LogP contribution in [0.15, 0.2) is 109 Å². The molecule has 0 aromatic heterocycles. The molecule has 3 heteroatoms. The SMILES string of the molecule is C=C[C@@H](c1ccccc1)[C@@]1(Cc2ccccc2)OC(c2ccccc2)=NC1=O. The average Bonchev–Trinajstić information content (AvgIpc) is 3.07. The van der Waals surface area contributed by atoms with Crippen molar-refractivity contribution in [3.63, 3.8) is 0 Å². The Morgan fingerprint density at radius 2 is 1.46 bits per heavy atom. The van der Waals surface area contributed by atoms with Crippen molar-refractivity contribution >= 4 is 11.8 Å². The van der Waals surface area contributed by atoms with E-state index < -0.39 is 5.60 Å². The maximum absolute atomic E-state index is 13.3. The Labute approximate surface area is 165 Å². The monoisotopic (exact) mass is 367 g/mol. The van der Waals surface area contributed by atoms with Gasteiger partial charge in [-0.3, -0.25) is 4.79 Å². The van der Waals surface area contributed by atoms with Gasteiger partial charge >= 0.3 is 0 Å². The molecule has 1 heterocycles. The Balaban J connectivity index is 1.79. The van der Waals surface area contributed by atoms with E-state index in [0.29, 0.717) is 12.3 Å². The van der Waals surface area contributed by atoms with E-state index in [0.717, 1.165) is 16.7 Å². The van der Waals surface area contributed by atoms with Gasteiger partial charge in [-0.05, 0) is 23.3 Å². The van der Waals surface area contributed by atoms with E-state index in [9.17, 15) is 4.79 Å². The molecule has 28 heavy (non-hydrogen) atoms. The van der Waals surface area contributed by atoms with Gasteiger partial charge in [0.25, 0.3) is 5.91 Å². The summed E-state index contributed by atoms with van der Waals surface area (Å²) in [5, 5.41) is 0. The molecule has 2 atom stereocenters. The number of rotatable bonds is 6. The Kier molecular flexibility index (Phi) is 4.90. The van der Waals surface area contributed by atoms with Crippen LogP contribution in [-0.4, -0.2) is 17.4 Å². The molecule has 0 N–H and O–H groups in total. The van der Waals surface area contributed by atoms with Crippen molar-refractivity contribution in [1.82, 2.24) is 0 Å². The molecule has 0 fully saturated rings. The molecule has 0 spiro atoms. The quantitative estimate of drug-likeness (QED) is 0.579. The number of hydrogen-bond donors (Lipinski definition) is 0. The highest BCUT2D eigenvalue weighted by molar-refractivity contribution is 6.09. The first-order valence-electron chi connectivity index (χ1n) is 9.32. The third-order valence-electron chi connectivity index (χ3n) is 5.07. The van der Waals surface area contributed by atoms with Gasteiger partial charge in [0.2, 0.25) is 11.5 Å². The summed E-state index contributed by atoms with van der Waals surface area (Å²) in [4.78, 5) is 17.6. The highest BCUT2D eigenvalue weighted by atomic mass is 16.5. The zero-order valence-electron chi connectivity index (χ0n) is 15.5. The molecule has 138 valence electrons. The van der Waals surface area contributed by atoms with Gasteiger partial charge in [-0.2, -0.15) is 4.99 Å². The number of aliphatic imine (C=N–C) groups is 1. The van der Waals surface area contributed by atoms with Crippen molar-refractivity contribution in [3.8, 4) is 0 Å². The van der Waals surface area contributed by atoms with E-state index in [1.807, 2.05) is 91.0 Å². The van der Waals surface area contributed by atoms with Crippen LogP contribution in [0.25, 0.3) is 0 Å². The molecule has 4 rings (SSSR count). The minimum atomic E-state index is -1.16. The third kappa shape index (κ3) is 3.27. The van der Waals surface area contributed by atoms with Gasteiger partial charge in [0.1, 0.15) is 0 Å². The van der Waals surface area contributed by atoms with E-state index in [1.54, 1.807) is 6.08 Å². The molecule has 0 saturated carbocycles. The first-order chi connectivity index (χ1) is 13.7. The highest BCUT2D eigenvalue weighted by Crippen LogP contribution is 2.40. The van der Waals surface area contributed by atoms with Crippen LogP contribution in [0.1, 0.15) is 22.6 Å². The van der Waals surface area contributed by atoms with E-state index in [2.05, 4.69) is 11.6 Å². The minimum Gasteiger partial charge on any atom is -0.459 e. The first-order valence-corrected chi connectivity index (χ1v) is 9.32. The number of nitrogens with zero attached hydrogens (tertiary/aromatic N) is 1. The summed E-state index contributed by atoms with van der Waals surface area (Å²) in [5.74, 6) is -0.236. The van der Waals surface area contributed by atoms with Crippen molar-refractivity contribution in [2.75, 3.05) is 0 Å². The van der Waals surface area contributed by atoms with Crippen LogP contribution in [0, 0.1) is 0 Å². The molecule has 1 aliphatic heterocycles. The number of hydrogen-bond acceptors (Lipinski definition) is 2. The fourth-order valence-corrected chi connectivity index (χ4v) is 3.70. The molecular formula is C25H21NO2. The molecular weight excluding hydrogens is 346 g/mol. The number of carbonyl (C=O) groups is 1. The zero-order valence-corrected chi connectivity index (χ0v) is 15.5. The summed E-state index contributed by atoms with van der Waals surface area (Å²) in [6, 6.07) is 29.3. The van der Waals surface area contributed by atoms with E-state index >= 15 is 0 Å². The van der Waals surface area contributed by atoms with Gasteiger partial charge in [0.15, 0.2) is 0 Å². The molecule has 0 aliphatic carbocycles. The first kappa shape index (κ1) is 17.9. The van der Waals surface area contributed by atoms with Crippen molar-refractivity contribution in [2.45, 2.75) is 17.9 Å². The Morgan fingerprint density at radius 3 is 2.07 bits per heavy atom. The summed E-state index contributed by atoms with van der Waals surface area (Å²) < 4.78 is 6.39. The average molecular weight is 367 g/mol. The molecule has 0 radical (unpaired) electrons. The fourth-order valence-electron chi connectivity index (χ4n) is 3.70. The largest absolute Gasteiger partial charge is 0.459 e. The van der Waals surface area contributed by atoms with Crippen LogP contribution in [0.3, 0.4) is 0 Å². The van der Waals surface area contributed by atoms with Gasteiger partial charge in [-0.25, -0.2) is 0 Å². The lowest BCUT2D eigenvalue weighted by atomic mass is 9.77. The molecule has 3 nitrogen and oxygen atoms in total. The summed E-state index contributed by atoms with van der Waals surface area (Å²) in [7, 11) is 0. The second kappa shape index (κ2) is 7.65. The Bertz CT molecular complexity index is 996. The van der Waals surface area contributed by atoms with Crippen LogP contribution in [0.2, 0.25) is 0 Å². The summed E-state index contributed by atoms with van der Waals surface area (Å²) >= 11 is 0. The van der Waals surface area contributed by atoms with Gasteiger partial charge in [0.05, 0.1) is 5.92 Å². The lowest BCUT2D eigenvalue weighted by Gasteiger charge is -2.33. The van der Waals surface area contributed by atoms with Crippen LogP contribution >= 0.6 is 0 Å². The minimum absolute atomic E-state index is 0.274. The number of carbonyl (C=O) groups excluding carboxylic acids is 1. The maximum Gasteiger partial charge on any atom is 0.294 e. The normalized spacial score (nSPS) is 19.6. The van der Waals surface area contributed by atoms with E-state index in [4.69, 9.17) is 4.74 Å². The summed E-state index contributed by atoms with van der Waals surface area (Å²) in [6.45, 7) is 4.02. The molecule has 0 saturated heterocycles. The number of amides is 1. The maximum atomic E-state index is 13.3. The predicted molar refractivity (Wildman–Crippen MR) is 111 cm³/mol. The summed E-state index contributed by atoms with van der Waals surface area (Å²) in [5.41, 5.74) is 1.63. The van der Waals surface area contributed by atoms with E-state index in [-0.39, 0.29) is 11.8 Å². The standard InChI is InChI=1S/C25H21NO2/c1-2-22(20-14-8-4-9-15-20)25(18-19-12-6-3-7-13-19)24(27)26-23(28-25)21-16-10-5-11-17-21/h2-17,22H,1,18H2/t22-,25+/m0/s1. The molecule has 1 amide bonds. The van der Waals surface area contributed by atoms with Gasteiger partial charge in [-0.1, -0.05) is 84.9 Å². The second-order valence-corrected chi connectivity index (χ2v) is 6.87. The molecule has 1 aliphatic rings. The fraction of sp³-hybridized carbons (Fsp3) is 0.120. The zero-order chi connectivity index (χ0) is 19.4. The second-order valence-electron chi connectivity index (χ2n) is 6.87. The highest BCUT2D eigenvalue weighted by Gasteiger charge is 2.52. The molecule has 3 aromatic carbocycles. The van der Waals surface area contributed by atoms with Crippen LogP contribution < -0.4 is 0 Å². The van der Waals surface area contributed by atoms with Crippen molar-refractivity contribution in [3.05, 3.63) is 120 Å². The molecule has 3 aromatic rings. The summed E-state index contributed by atoms with van der Waals surface area (Å²) in [6.07, 6.45) is 2.21. The smallest absolute Gasteiger partial charge is 0.294 e. The van der Waals surface area contributed by atoms with E-state index in [1.165, 1.54) is 0 Å². The lowest BCUT2D eigenvalue weighted by molar-refractivity contribution is -0.131. The third-order valence-corrected chi connectivity index (χ3v) is 5.07. The molecule has 0 unspecified atom stereocenters. The van der Waals surface area contributed by atoms with Crippen molar-refractivity contribution < 1.29 is 9.53 Å². The predicted octanol–water partition coefficient (Wildman–Crippen LogP) is 4.94. The van der Waals surface area contributed by atoms with Crippen molar-refractivity contribution in [2.24, 2.45) is 4.99 Å². The Morgan fingerprint density at radius 1 is 0.893 bits per heavy atom. The molecule has 0 bridgehead atoms. The van der Waals surface area contributed by atoms with Crippen molar-refractivity contribution in [1.29, 1.82) is 0 Å². The van der Waals surface area contributed by atoms with Crippen LogP contribution in [-0.2, 0) is 16.0 Å². The van der Waals surface area contributed by atoms with Gasteiger partial charge < -0.3 is 4.74 Å². The van der Waals surface area contributed by atoms with Gasteiger partial charge in [0, 0.05) is 12.0 Å². The number of benzene rings is 3.